The molecule has 19 heavy (non-hydrogen) atoms. The summed E-state index contributed by atoms with van der Waals surface area (Å²) in [5, 5.41) is 2.90. The zero-order valence-electron chi connectivity index (χ0n) is 10.2. The van der Waals surface area contributed by atoms with Gasteiger partial charge in [0.25, 0.3) is 0 Å². The number of nitrogens with one attached hydrogen (secondary N) is 2. The molecule has 0 bridgehead atoms. The molecular weight excluding hydrogens is 269 g/mol. The van der Waals surface area contributed by atoms with Crippen LogP contribution in [0.5, 0.6) is 0 Å². The average Bonchev–Trinajstić information content (AvgIpc) is 2.43. The molecule has 1 heterocycles. The molecule has 0 fully saturated rings. The highest BCUT2D eigenvalue weighted by Crippen LogP contribution is 2.25. The van der Waals surface area contributed by atoms with Crippen molar-refractivity contribution < 1.29 is 4.39 Å². The van der Waals surface area contributed by atoms with Crippen LogP contribution in [0, 0.1) is 5.82 Å². The molecule has 2 rings (SSSR count). The number of aryl methyl sites for hydroxylation is 1. The molecular formula is C12H13ClFN5. The second-order valence-corrected chi connectivity index (χ2v) is 4.19. The largest absolute Gasteiger partial charge is 0.338 e. The van der Waals surface area contributed by atoms with E-state index in [9.17, 15) is 4.39 Å². The Bertz CT molecular complexity index is 568. The molecule has 100 valence electrons. The quantitative estimate of drug-likeness (QED) is 0.593. The minimum absolute atomic E-state index is 0.0481. The van der Waals surface area contributed by atoms with Crippen molar-refractivity contribution in [1.82, 2.24) is 9.97 Å². The summed E-state index contributed by atoms with van der Waals surface area (Å²) < 4.78 is 13.8. The fourth-order valence-corrected chi connectivity index (χ4v) is 1.71. The van der Waals surface area contributed by atoms with E-state index in [0.717, 1.165) is 0 Å². The van der Waals surface area contributed by atoms with E-state index in [-0.39, 0.29) is 10.7 Å². The zero-order valence-corrected chi connectivity index (χ0v) is 11.0. The number of nitrogen functional groups attached to an aromatic ring is 1. The van der Waals surface area contributed by atoms with Gasteiger partial charge in [-0.25, -0.2) is 20.2 Å². The second kappa shape index (κ2) is 5.81. The summed E-state index contributed by atoms with van der Waals surface area (Å²) in [7, 11) is 0. The van der Waals surface area contributed by atoms with Crippen LogP contribution in [0.1, 0.15) is 12.7 Å². The number of hydrazine groups is 1. The van der Waals surface area contributed by atoms with Crippen molar-refractivity contribution in [3.05, 3.63) is 40.9 Å². The Labute approximate surface area is 115 Å². The molecule has 1 aromatic carbocycles. The van der Waals surface area contributed by atoms with Gasteiger partial charge in [-0.2, -0.15) is 0 Å². The van der Waals surface area contributed by atoms with Gasteiger partial charge in [-0.15, -0.1) is 0 Å². The molecule has 0 aliphatic heterocycles. The maximum atomic E-state index is 13.8. The molecule has 0 radical (unpaired) electrons. The van der Waals surface area contributed by atoms with Gasteiger partial charge in [-0.05, 0) is 12.1 Å². The van der Waals surface area contributed by atoms with Gasteiger partial charge in [-0.1, -0.05) is 24.6 Å². The van der Waals surface area contributed by atoms with Crippen LogP contribution in [0.3, 0.4) is 0 Å². The summed E-state index contributed by atoms with van der Waals surface area (Å²) in [5.41, 5.74) is 2.69. The maximum Gasteiger partial charge on any atom is 0.165 e. The van der Waals surface area contributed by atoms with Crippen molar-refractivity contribution in [3.8, 4) is 0 Å². The Morgan fingerprint density at radius 3 is 2.74 bits per heavy atom. The number of nitrogens with two attached hydrogens (primary N) is 1. The number of benzene rings is 1. The fraction of sp³-hybridized carbons (Fsp3) is 0.167. The Balaban J connectivity index is 2.34. The molecule has 4 N–H and O–H groups in total. The lowest BCUT2D eigenvalue weighted by Gasteiger charge is -2.10. The van der Waals surface area contributed by atoms with Crippen LogP contribution in [0.15, 0.2) is 24.3 Å². The van der Waals surface area contributed by atoms with Gasteiger partial charge >= 0.3 is 0 Å². The highest BCUT2D eigenvalue weighted by molar-refractivity contribution is 6.31. The number of halogens is 2. The number of hydrogen-bond acceptors (Lipinski definition) is 5. The van der Waals surface area contributed by atoms with Crippen molar-refractivity contribution in [2.75, 3.05) is 10.7 Å². The second-order valence-electron chi connectivity index (χ2n) is 3.78. The summed E-state index contributed by atoms with van der Waals surface area (Å²) >= 11 is 5.72. The number of aromatic nitrogens is 2. The highest BCUT2D eigenvalue weighted by Gasteiger charge is 2.08. The van der Waals surface area contributed by atoms with Crippen LogP contribution < -0.4 is 16.6 Å². The first-order valence-electron chi connectivity index (χ1n) is 5.69. The minimum atomic E-state index is -0.525. The van der Waals surface area contributed by atoms with Gasteiger partial charge in [0.05, 0.1) is 10.7 Å². The molecule has 0 unspecified atom stereocenters. The number of rotatable bonds is 4. The number of hydrogen-bond donors (Lipinski definition) is 3. The lowest BCUT2D eigenvalue weighted by atomic mass is 10.3. The predicted molar refractivity (Wildman–Crippen MR) is 73.9 cm³/mol. The van der Waals surface area contributed by atoms with Gasteiger partial charge in [0.2, 0.25) is 0 Å². The molecule has 2 aromatic rings. The lowest BCUT2D eigenvalue weighted by Crippen LogP contribution is -2.11. The first kappa shape index (κ1) is 13.5. The van der Waals surface area contributed by atoms with E-state index in [1.807, 2.05) is 6.92 Å². The van der Waals surface area contributed by atoms with E-state index in [1.165, 1.54) is 6.07 Å². The molecule has 0 amide bonds. The summed E-state index contributed by atoms with van der Waals surface area (Å²) in [4.78, 5) is 8.38. The molecule has 0 spiro atoms. The summed E-state index contributed by atoms with van der Waals surface area (Å²) in [6.45, 7) is 1.92. The van der Waals surface area contributed by atoms with Crippen LogP contribution in [-0.2, 0) is 6.42 Å². The molecule has 0 aliphatic carbocycles. The first-order chi connectivity index (χ1) is 9.13. The normalized spacial score (nSPS) is 10.3. The van der Waals surface area contributed by atoms with Crippen LogP contribution in [-0.4, -0.2) is 9.97 Å². The lowest BCUT2D eigenvalue weighted by molar-refractivity contribution is 0.632. The number of nitrogens with zero attached hydrogens (tertiary/aromatic N) is 2. The highest BCUT2D eigenvalue weighted by atomic mass is 35.5. The van der Waals surface area contributed by atoms with E-state index in [1.54, 1.807) is 18.2 Å². The molecule has 0 saturated heterocycles. The van der Waals surface area contributed by atoms with Gasteiger partial charge in [0, 0.05) is 12.5 Å². The van der Waals surface area contributed by atoms with Crippen molar-refractivity contribution >= 4 is 28.9 Å². The van der Waals surface area contributed by atoms with Crippen molar-refractivity contribution in [2.45, 2.75) is 13.3 Å². The van der Waals surface area contributed by atoms with Gasteiger partial charge in [-0.3, -0.25) is 0 Å². The van der Waals surface area contributed by atoms with E-state index < -0.39 is 5.82 Å². The van der Waals surface area contributed by atoms with Crippen molar-refractivity contribution in [2.24, 2.45) is 5.84 Å². The van der Waals surface area contributed by atoms with Crippen molar-refractivity contribution in [1.29, 1.82) is 0 Å². The molecule has 1 aromatic heterocycles. The van der Waals surface area contributed by atoms with Crippen LogP contribution in [0.25, 0.3) is 0 Å². The molecule has 5 nitrogen and oxygen atoms in total. The molecule has 0 saturated carbocycles. The zero-order chi connectivity index (χ0) is 13.8. The van der Waals surface area contributed by atoms with Crippen LogP contribution >= 0.6 is 11.6 Å². The van der Waals surface area contributed by atoms with Crippen LogP contribution in [0.2, 0.25) is 5.02 Å². The summed E-state index contributed by atoms with van der Waals surface area (Å²) in [6, 6.07) is 6.29. The third kappa shape index (κ3) is 3.10. The fourth-order valence-electron chi connectivity index (χ4n) is 1.53. The number of anilines is 3. The monoisotopic (exact) mass is 281 g/mol. The van der Waals surface area contributed by atoms with E-state index in [0.29, 0.717) is 23.9 Å². The molecule has 0 atom stereocenters. The molecule has 0 aliphatic rings. The third-order valence-electron chi connectivity index (χ3n) is 2.45. The Hall–Kier alpha value is -1.92. The minimum Gasteiger partial charge on any atom is -0.338 e. The van der Waals surface area contributed by atoms with E-state index in [2.05, 4.69) is 20.7 Å². The summed E-state index contributed by atoms with van der Waals surface area (Å²) in [6.07, 6.45) is 0.641. The van der Waals surface area contributed by atoms with Crippen molar-refractivity contribution in [3.63, 3.8) is 0 Å². The average molecular weight is 282 g/mol. The Kier molecular flexibility index (Phi) is 4.13. The maximum absolute atomic E-state index is 13.8. The van der Waals surface area contributed by atoms with E-state index in [4.69, 9.17) is 17.4 Å². The summed E-state index contributed by atoms with van der Waals surface area (Å²) in [5.74, 6) is 6.30. The molecule has 7 heteroatoms. The predicted octanol–water partition coefficient (Wildman–Crippen LogP) is 2.86. The SMILES string of the molecule is CCc1nc(NN)cc(Nc2cccc(Cl)c2F)n1. The third-order valence-corrected chi connectivity index (χ3v) is 2.74. The smallest absolute Gasteiger partial charge is 0.165 e. The standard InChI is InChI=1S/C12H13ClFN5/c1-2-9-17-10(6-11(18-9)19-15)16-8-5-3-4-7(13)12(8)14/h3-6H,2,15H2,1H3,(H2,16,17,18,19). The van der Waals surface area contributed by atoms with Gasteiger partial charge < -0.3 is 10.7 Å². The Morgan fingerprint density at radius 1 is 1.32 bits per heavy atom. The van der Waals surface area contributed by atoms with Crippen LogP contribution in [0.4, 0.5) is 21.7 Å². The van der Waals surface area contributed by atoms with Gasteiger partial charge in [0.1, 0.15) is 17.5 Å². The van der Waals surface area contributed by atoms with E-state index >= 15 is 0 Å². The Morgan fingerprint density at radius 2 is 2.05 bits per heavy atom. The van der Waals surface area contributed by atoms with Gasteiger partial charge in [0.15, 0.2) is 5.82 Å². The first-order valence-corrected chi connectivity index (χ1v) is 6.07. The topological polar surface area (TPSA) is 75.9 Å².